The van der Waals surface area contributed by atoms with Crippen molar-refractivity contribution in [2.24, 2.45) is 0 Å². The fourth-order valence-corrected chi connectivity index (χ4v) is 4.50. The van der Waals surface area contributed by atoms with E-state index in [0.29, 0.717) is 16.6 Å². The first-order valence-corrected chi connectivity index (χ1v) is 8.53. The molecule has 112 valence electrons. The number of hydrogen-bond donors (Lipinski definition) is 1. The summed E-state index contributed by atoms with van der Waals surface area (Å²) in [4.78, 5) is 15.7. The largest absolute Gasteiger partial charge is 0.397 e. The Morgan fingerprint density at radius 2 is 2.10 bits per heavy atom. The third-order valence-corrected chi connectivity index (χ3v) is 5.86. The molecule has 1 amide bonds. The third-order valence-electron chi connectivity index (χ3n) is 4.51. The Morgan fingerprint density at radius 1 is 1.38 bits per heavy atom. The van der Waals surface area contributed by atoms with Crippen molar-refractivity contribution >= 4 is 33.0 Å². The lowest BCUT2D eigenvalue weighted by molar-refractivity contribution is 0.0699. The summed E-state index contributed by atoms with van der Waals surface area (Å²) in [6, 6.07) is 6.48. The Kier molecular flexibility index (Phi) is 3.89. The van der Waals surface area contributed by atoms with Gasteiger partial charge in [-0.15, -0.1) is 11.3 Å². The van der Waals surface area contributed by atoms with E-state index >= 15 is 0 Å². The first-order valence-electron chi connectivity index (χ1n) is 7.72. The summed E-state index contributed by atoms with van der Waals surface area (Å²) in [6.45, 7) is 4.89. The minimum atomic E-state index is 0.113. The maximum atomic E-state index is 12.9. The van der Waals surface area contributed by atoms with Gasteiger partial charge in [0.2, 0.25) is 0 Å². The highest BCUT2D eigenvalue weighted by atomic mass is 32.1. The number of amides is 1. The van der Waals surface area contributed by atoms with Crippen LogP contribution in [-0.4, -0.2) is 23.4 Å². The molecule has 1 aromatic carbocycles. The number of carbonyl (C=O) groups is 1. The van der Waals surface area contributed by atoms with Gasteiger partial charge in [0.05, 0.1) is 5.69 Å². The van der Waals surface area contributed by atoms with Crippen LogP contribution in [0.5, 0.6) is 0 Å². The van der Waals surface area contributed by atoms with Crippen LogP contribution >= 0.6 is 11.3 Å². The molecule has 4 heteroatoms. The fourth-order valence-electron chi connectivity index (χ4n) is 3.35. The molecular weight excluding hydrogens is 280 g/mol. The van der Waals surface area contributed by atoms with E-state index in [-0.39, 0.29) is 5.91 Å². The standard InChI is InChI=1S/C17H22N2OS/c1-3-19(12-8-4-5-9-12)17(20)16-14(18)13-10-6-7-11(2)15(13)21-16/h6-7,10,12H,3-5,8-9,18H2,1-2H3. The number of hydrogen-bond acceptors (Lipinski definition) is 3. The number of nitrogens with two attached hydrogens (primary N) is 1. The van der Waals surface area contributed by atoms with Crippen molar-refractivity contribution in [1.29, 1.82) is 0 Å². The van der Waals surface area contributed by atoms with Gasteiger partial charge in [-0.1, -0.05) is 31.0 Å². The molecule has 2 N–H and O–H groups in total. The molecule has 21 heavy (non-hydrogen) atoms. The number of carbonyl (C=O) groups excluding carboxylic acids is 1. The van der Waals surface area contributed by atoms with Gasteiger partial charge in [0.1, 0.15) is 4.88 Å². The Hall–Kier alpha value is -1.55. The highest BCUT2D eigenvalue weighted by Crippen LogP contribution is 2.37. The Bertz CT molecular complexity index is 671. The average Bonchev–Trinajstić information content (AvgIpc) is 3.10. The van der Waals surface area contributed by atoms with Gasteiger partial charge < -0.3 is 10.6 Å². The molecule has 0 spiro atoms. The maximum Gasteiger partial charge on any atom is 0.266 e. The van der Waals surface area contributed by atoms with Gasteiger partial charge in [-0.25, -0.2) is 0 Å². The normalized spacial score (nSPS) is 15.7. The zero-order valence-corrected chi connectivity index (χ0v) is 13.5. The number of nitrogen functional groups attached to an aromatic ring is 1. The predicted molar refractivity (Wildman–Crippen MR) is 89.9 cm³/mol. The molecule has 1 aliphatic carbocycles. The monoisotopic (exact) mass is 302 g/mol. The maximum absolute atomic E-state index is 12.9. The zero-order valence-electron chi connectivity index (χ0n) is 12.7. The minimum absolute atomic E-state index is 0.113. The number of benzene rings is 1. The number of nitrogens with zero attached hydrogens (tertiary/aromatic N) is 1. The molecule has 0 atom stereocenters. The van der Waals surface area contributed by atoms with Crippen LogP contribution in [0.3, 0.4) is 0 Å². The van der Waals surface area contributed by atoms with E-state index < -0.39 is 0 Å². The van der Waals surface area contributed by atoms with E-state index in [1.807, 2.05) is 17.0 Å². The number of rotatable bonds is 3. The molecular formula is C17H22N2OS. The van der Waals surface area contributed by atoms with Gasteiger partial charge in [0, 0.05) is 22.7 Å². The number of aryl methyl sites for hydroxylation is 1. The quantitative estimate of drug-likeness (QED) is 0.923. The highest BCUT2D eigenvalue weighted by molar-refractivity contribution is 7.21. The number of fused-ring (bicyclic) bond motifs is 1. The molecule has 2 aromatic rings. The molecule has 0 bridgehead atoms. The van der Waals surface area contributed by atoms with E-state index in [1.54, 1.807) is 11.3 Å². The smallest absolute Gasteiger partial charge is 0.266 e. The van der Waals surface area contributed by atoms with Crippen LogP contribution in [0.2, 0.25) is 0 Å². The molecule has 1 aromatic heterocycles. The molecule has 3 nitrogen and oxygen atoms in total. The van der Waals surface area contributed by atoms with E-state index in [9.17, 15) is 4.79 Å². The van der Waals surface area contributed by atoms with E-state index in [1.165, 1.54) is 18.4 Å². The molecule has 1 aliphatic rings. The Balaban J connectivity index is 2.00. The fraction of sp³-hybridized carbons (Fsp3) is 0.471. The van der Waals surface area contributed by atoms with Gasteiger partial charge in [-0.2, -0.15) is 0 Å². The van der Waals surface area contributed by atoms with Crippen molar-refractivity contribution in [1.82, 2.24) is 4.90 Å². The summed E-state index contributed by atoms with van der Waals surface area (Å²) in [5.41, 5.74) is 8.10. The Morgan fingerprint density at radius 3 is 2.71 bits per heavy atom. The zero-order chi connectivity index (χ0) is 15.0. The van der Waals surface area contributed by atoms with Crippen LogP contribution in [-0.2, 0) is 0 Å². The second-order valence-electron chi connectivity index (χ2n) is 5.83. The van der Waals surface area contributed by atoms with Crippen molar-refractivity contribution in [3.05, 3.63) is 28.6 Å². The summed E-state index contributed by atoms with van der Waals surface area (Å²) >= 11 is 1.54. The summed E-state index contributed by atoms with van der Waals surface area (Å²) in [5, 5.41) is 1.02. The molecule has 0 unspecified atom stereocenters. The lowest BCUT2D eigenvalue weighted by Crippen LogP contribution is -2.38. The number of anilines is 1. The second-order valence-corrected chi connectivity index (χ2v) is 6.85. The van der Waals surface area contributed by atoms with Crippen LogP contribution in [0.25, 0.3) is 10.1 Å². The second kappa shape index (κ2) is 5.68. The van der Waals surface area contributed by atoms with Gasteiger partial charge in [0.25, 0.3) is 5.91 Å². The van der Waals surface area contributed by atoms with Crippen molar-refractivity contribution in [2.45, 2.75) is 45.6 Å². The third kappa shape index (κ3) is 2.42. The van der Waals surface area contributed by atoms with Gasteiger partial charge in [0.15, 0.2) is 0 Å². The van der Waals surface area contributed by atoms with Crippen LogP contribution in [0, 0.1) is 6.92 Å². The van der Waals surface area contributed by atoms with E-state index in [2.05, 4.69) is 19.9 Å². The topological polar surface area (TPSA) is 46.3 Å². The molecule has 0 radical (unpaired) electrons. The van der Waals surface area contributed by atoms with Crippen LogP contribution in [0.1, 0.15) is 47.8 Å². The molecule has 1 heterocycles. The highest BCUT2D eigenvalue weighted by Gasteiger charge is 2.28. The molecule has 1 fully saturated rings. The van der Waals surface area contributed by atoms with Gasteiger partial charge >= 0.3 is 0 Å². The van der Waals surface area contributed by atoms with Crippen molar-refractivity contribution in [2.75, 3.05) is 12.3 Å². The first kappa shape index (κ1) is 14.4. The minimum Gasteiger partial charge on any atom is -0.397 e. The summed E-state index contributed by atoms with van der Waals surface area (Å²) in [5.74, 6) is 0.113. The van der Waals surface area contributed by atoms with Crippen molar-refractivity contribution in [3.8, 4) is 0 Å². The predicted octanol–water partition coefficient (Wildman–Crippen LogP) is 4.20. The summed E-state index contributed by atoms with van der Waals surface area (Å²) < 4.78 is 1.14. The number of thiophene rings is 1. The van der Waals surface area contributed by atoms with Gasteiger partial charge in [-0.05, 0) is 32.3 Å². The van der Waals surface area contributed by atoms with Gasteiger partial charge in [-0.3, -0.25) is 4.79 Å². The van der Waals surface area contributed by atoms with Crippen LogP contribution in [0.4, 0.5) is 5.69 Å². The lowest BCUT2D eigenvalue weighted by Gasteiger charge is -2.27. The SMILES string of the molecule is CCN(C(=O)c1sc2c(C)cccc2c1N)C1CCCC1. The molecule has 0 saturated heterocycles. The van der Waals surface area contributed by atoms with Crippen molar-refractivity contribution in [3.63, 3.8) is 0 Å². The first-order chi connectivity index (χ1) is 10.1. The van der Waals surface area contributed by atoms with E-state index in [0.717, 1.165) is 29.5 Å². The molecule has 3 rings (SSSR count). The van der Waals surface area contributed by atoms with Crippen molar-refractivity contribution < 1.29 is 4.79 Å². The van der Waals surface area contributed by atoms with Crippen LogP contribution < -0.4 is 5.73 Å². The summed E-state index contributed by atoms with van der Waals surface area (Å²) in [6.07, 6.45) is 4.72. The molecule has 0 aliphatic heterocycles. The lowest BCUT2D eigenvalue weighted by atomic mass is 10.1. The van der Waals surface area contributed by atoms with Crippen LogP contribution in [0.15, 0.2) is 18.2 Å². The molecule has 1 saturated carbocycles. The average molecular weight is 302 g/mol. The summed E-state index contributed by atoms with van der Waals surface area (Å²) in [7, 11) is 0. The van der Waals surface area contributed by atoms with E-state index in [4.69, 9.17) is 5.73 Å². The Labute approximate surface area is 129 Å².